The zero-order chi connectivity index (χ0) is 28.4. The number of benzene rings is 2. The smallest absolute Gasteiger partial charge is 0.338 e. The van der Waals surface area contributed by atoms with E-state index in [1.807, 2.05) is 30.5 Å². The van der Waals surface area contributed by atoms with E-state index < -0.39 is 12.0 Å². The molecule has 206 valence electrons. The number of nitrogens with zero attached hydrogens (tertiary/aromatic N) is 3. The maximum absolute atomic E-state index is 14.0. The van der Waals surface area contributed by atoms with Crippen LogP contribution in [0.2, 0.25) is 5.02 Å². The molecule has 0 fully saturated rings. The largest absolute Gasteiger partial charge is 0.468 e. The van der Waals surface area contributed by atoms with E-state index in [0.29, 0.717) is 25.6 Å². The molecule has 0 amide bonds. The summed E-state index contributed by atoms with van der Waals surface area (Å²) in [6.07, 6.45) is 3.61. The minimum atomic E-state index is -0.758. The summed E-state index contributed by atoms with van der Waals surface area (Å²) in [7, 11) is 2.86. The number of hydrogen-bond donors (Lipinski definition) is 0. The van der Waals surface area contributed by atoms with E-state index in [-0.39, 0.29) is 36.9 Å². The van der Waals surface area contributed by atoms with Gasteiger partial charge in [-0.2, -0.15) is 0 Å². The summed E-state index contributed by atoms with van der Waals surface area (Å²) < 4.78 is 19.0. The second-order valence-corrected chi connectivity index (χ2v) is 10.5. The van der Waals surface area contributed by atoms with Crippen molar-refractivity contribution < 1.29 is 23.8 Å². The van der Waals surface area contributed by atoms with Gasteiger partial charge < -0.3 is 18.8 Å². The molecule has 0 N–H and O–H groups in total. The molecular formula is C29H26ClN3O6S. The molecule has 1 aliphatic heterocycles. The zero-order valence-corrected chi connectivity index (χ0v) is 23.6. The molecule has 5 rings (SSSR count). The highest BCUT2D eigenvalue weighted by Crippen LogP contribution is 2.31. The quantitative estimate of drug-likeness (QED) is 0.235. The van der Waals surface area contributed by atoms with Crippen LogP contribution < -0.4 is 14.9 Å². The van der Waals surface area contributed by atoms with Crippen LogP contribution in [0.5, 0.6) is 0 Å². The molecule has 0 aliphatic carbocycles. The fourth-order valence-corrected chi connectivity index (χ4v) is 5.87. The lowest BCUT2D eigenvalue weighted by atomic mass is 9.96. The van der Waals surface area contributed by atoms with Crippen molar-refractivity contribution in [3.8, 4) is 0 Å². The molecule has 1 aliphatic rings. The average Bonchev–Trinajstić information content (AvgIpc) is 3.44. The molecule has 4 aromatic rings. The van der Waals surface area contributed by atoms with Crippen LogP contribution in [-0.2, 0) is 30.3 Å². The van der Waals surface area contributed by atoms with Gasteiger partial charge in [0.05, 0.1) is 35.6 Å². The molecule has 1 unspecified atom stereocenters. The fourth-order valence-electron chi connectivity index (χ4n) is 4.70. The standard InChI is InChI=1S/C29H26ClN3O6S/c1-17-25(28(36)39-13-12-37-2)26(18-8-10-20(30)11-9-18)33-27(35)23(40-29(33)31-17)14-19-15-32(16-24(34)38-3)22-7-5-4-6-21(19)22/h4-11,14-15,26H,12-13,16H2,1-3H3. The lowest BCUT2D eigenvalue weighted by Gasteiger charge is -2.24. The Morgan fingerprint density at radius 3 is 2.58 bits per heavy atom. The van der Waals surface area contributed by atoms with Gasteiger partial charge in [0.25, 0.3) is 5.56 Å². The van der Waals surface area contributed by atoms with Crippen LogP contribution in [-0.4, -0.2) is 48.5 Å². The van der Waals surface area contributed by atoms with Crippen LogP contribution in [0.1, 0.15) is 24.1 Å². The lowest BCUT2D eigenvalue weighted by Crippen LogP contribution is -2.40. The third-order valence-electron chi connectivity index (χ3n) is 6.58. The van der Waals surface area contributed by atoms with E-state index in [2.05, 4.69) is 4.99 Å². The number of methoxy groups -OCH3 is 2. The Balaban J connectivity index is 1.67. The zero-order valence-electron chi connectivity index (χ0n) is 22.0. The Bertz CT molecular complexity index is 1820. The number of halogens is 1. The number of esters is 2. The number of hydrogen-bond acceptors (Lipinski definition) is 8. The number of para-hydroxylation sites is 1. The topological polar surface area (TPSA) is 101 Å². The van der Waals surface area contributed by atoms with E-state index in [9.17, 15) is 14.4 Å². The van der Waals surface area contributed by atoms with E-state index >= 15 is 0 Å². The Hall–Kier alpha value is -3.99. The van der Waals surface area contributed by atoms with Gasteiger partial charge in [-0.3, -0.25) is 14.2 Å². The molecule has 9 nitrogen and oxygen atoms in total. The van der Waals surface area contributed by atoms with Crippen molar-refractivity contribution in [3.05, 3.63) is 102 Å². The Morgan fingerprint density at radius 2 is 1.85 bits per heavy atom. The molecule has 11 heteroatoms. The number of aromatic nitrogens is 2. The Labute approximate surface area is 238 Å². The first-order valence-electron chi connectivity index (χ1n) is 12.4. The van der Waals surface area contributed by atoms with Crippen LogP contribution in [0, 0.1) is 0 Å². The van der Waals surface area contributed by atoms with Crippen LogP contribution in [0.15, 0.2) is 75.8 Å². The second kappa shape index (κ2) is 11.6. The number of ether oxygens (including phenoxy) is 3. The first-order valence-corrected chi connectivity index (χ1v) is 13.6. The summed E-state index contributed by atoms with van der Waals surface area (Å²) in [5, 5.41) is 1.41. The van der Waals surface area contributed by atoms with Gasteiger partial charge in [-0.25, -0.2) is 9.79 Å². The molecular weight excluding hydrogens is 554 g/mol. The molecule has 0 saturated carbocycles. The predicted molar refractivity (Wildman–Crippen MR) is 152 cm³/mol. The fraction of sp³-hybridized carbons (Fsp3) is 0.241. The van der Waals surface area contributed by atoms with Crippen molar-refractivity contribution in [1.29, 1.82) is 0 Å². The van der Waals surface area contributed by atoms with Crippen molar-refractivity contribution in [3.63, 3.8) is 0 Å². The van der Waals surface area contributed by atoms with Gasteiger partial charge in [0.1, 0.15) is 13.2 Å². The Morgan fingerprint density at radius 1 is 1.10 bits per heavy atom. The van der Waals surface area contributed by atoms with E-state index in [0.717, 1.165) is 16.5 Å². The third kappa shape index (κ3) is 5.25. The summed E-state index contributed by atoms with van der Waals surface area (Å²) in [4.78, 5) is 44.3. The van der Waals surface area contributed by atoms with Gasteiger partial charge in [0, 0.05) is 34.8 Å². The van der Waals surface area contributed by atoms with Gasteiger partial charge in [-0.15, -0.1) is 0 Å². The van der Waals surface area contributed by atoms with Crippen LogP contribution in [0.25, 0.3) is 17.0 Å². The van der Waals surface area contributed by atoms with Gasteiger partial charge in [-0.05, 0) is 36.8 Å². The first kappa shape index (κ1) is 27.6. The number of rotatable bonds is 8. The SMILES string of the molecule is COCCOC(=O)C1=C(C)N=c2sc(=Cc3cn(CC(=O)OC)c4ccccc34)c(=O)n2C1c1ccc(Cl)cc1. The van der Waals surface area contributed by atoms with Gasteiger partial charge in [-0.1, -0.05) is 53.3 Å². The van der Waals surface area contributed by atoms with E-state index in [1.165, 1.54) is 30.1 Å². The summed E-state index contributed by atoms with van der Waals surface area (Å²) in [5.74, 6) is -0.951. The Kier molecular flexibility index (Phi) is 8.02. The van der Waals surface area contributed by atoms with Gasteiger partial charge in [0.2, 0.25) is 0 Å². The van der Waals surface area contributed by atoms with Crippen molar-refractivity contribution >= 4 is 51.9 Å². The predicted octanol–water partition coefficient (Wildman–Crippen LogP) is 3.21. The number of thiazole rings is 1. The molecule has 0 saturated heterocycles. The minimum Gasteiger partial charge on any atom is -0.468 e. The average molecular weight is 580 g/mol. The molecule has 0 radical (unpaired) electrons. The van der Waals surface area contributed by atoms with Crippen molar-refractivity contribution in [2.75, 3.05) is 27.4 Å². The normalized spacial score (nSPS) is 15.2. The summed E-state index contributed by atoms with van der Waals surface area (Å²) >= 11 is 7.37. The maximum Gasteiger partial charge on any atom is 0.338 e. The summed E-state index contributed by atoms with van der Waals surface area (Å²) in [6.45, 7) is 2.08. The van der Waals surface area contributed by atoms with Gasteiger partial charge >= 0.3 is 11.9 Å². The monoisotopic (exact) mass is 579 g/mol. The molecule has 2 aromatic carbocycles. The molecule has 2 aromatic heterocycles. The minimum absolute atomic E-state index is 0.0381. The van der Waals surface area contributed by atoms with Crippen molar-refractivity contribution in [2.45, 2.75) is 19.5 Å². The highest BCUT2D eigenvalue weighted by molar-refractivity contribution is 7.07. The first-order chi connectivity index (χ1) is 19.3. The molecule has 0 bridgehead atoms. The van der Waals surface area contributed by atoms with E-state index in [1.54, 1.807) is 41.8 Å². The van der Waals surface area contributed by atoms with Crippen LogP contribution in [0.4, 0.5) is 0 Å². The molecule has 1 atom stereocenters. The van der Waals surface area contributed by atoms with Crippen molar-refractivity contribution in [2.24, 2.45) is 4.99 Å². The summed E-state index contributed by atoms with van der Waals surface area (Å²) in [6, 6.07) is 13.9. The molecule has 40 heavy (non-hydrogen) atoms. The lowest BCUT2D eigenvalue weighted by molar-refractivity contribution is -0.141. The number of carbonyl (C=O) groups is 2. The van der Waals surface area contributed by atoms with Crippen molar-refractivity contribution in [1.82, 2.24) is 9.13 Å². The number of fused-ring (bicyclic) bond motifs is 2. The number of allylic oxidation sites excluding steroid dienone is 1. The summed E-state index contributed by atoms with van der Waals surface area (Å²) in [5.41, 5.74) is 2.73. The second-order valence-electron chi connectivity index (χ2n) is 9.07. The molecule has 0 spiro atoms. The molecule has 3 heterocycles. The van der Waals surface area contributed by atoms with Crippen LogP contribution >= 0.6 is 22.9 Å². The highest BCUT2D eigenvalue weighted by atomic mass is 35.5. The van der Waals surface area contributed by atoms with Crippen LogP contribution in [0.3, 0.4) is 0 Å². The third-order valence-corrected chi connectivity index (χ3v) is 7.82. The number of carbonyl (C=O) groups excluding carboxylic acids is 2. The van der Waals surface area contributed by atoms with Gasteiger partial charge in [0.15, 0.2) is 4.80 Å². The highest BCUT2D eigenvalue weighted by Gasteiger charge is 2.33. The van der Waals surface area contributed by atoms with E-state index in [4.69, 9.17) is 25.8 Å². The maximum atomic E-state index is 14.0.